The first-order valence-corrected chi connectivity index (χ1v) is 17.2. The number of allylic oxidation sites excluding steroid dienone is 2. The maximum Gasteiger partial charge on any atom is 0.257 e. The first kappa shape index (κ1) is 40.6. The molecule has 12 nitrogen and oxygen atoms in total. The van der Waals surface area contributed by atoms with Crippen molar-refractivity contribution in [3.8, 4) is 34.3 Å². The minimum Gasteiger partial charge on any atom is -0.490 e. The average molecular weight is 707 g/mol. The Bertz CT molecular complexity index is 1700. The summed E-state index contributed by atoms with van der Waals surface area (Å²) in [6, 6.07) is 10.2. The lowest BCUT2D eigenvalue weighted by Gasteiger charge is -2.16. The molecule has 0 saturated carbocycles. The molecule has 2 N–H and O–H groups in total. The molecule has 3 rings (SSSR count). The van der Waals surface area contributed by atoms with Crippen LogP contribution in [-0.4, -0.2) is 102 Å². The smallest absolute Gasteiger partial charge is 0.257 e. The van der Waals surface area contributed by atoms with E-state index in [1.54, 1.807) is 36.4 Å². The minimum atomic E-state index is -0.562. The number of carbonyl (C=O) groups excluding carboxylic acids is 2. The van der Waals surface area contributed by atoms with Crippen molar-refractivity contribution >= 4 is 22.8 Å². The van der Waals surface area contributed by atoms with Gasteiger partial charge in [-0.1, -0.05) is 11.1 Å². The predicted octanol–water partition coefficient (Wildman–Crippen LogP) is 5.04. The summed E-state index contributed by atoms with van der Waals surface area (Å²) in [6.07, 6.45) is 5.41. The Labute approximate surface area is 301 Å². The Balaban J connectivity index is 2.03. The van der Waals surface area contributed by atoms with Crippen LogP contribution < -0.4 is 35.0 Å². The third-order valence-electron chi connectivity index (χ3n) is 7.41. The van der Waals surface area contributed by atoms with Gasteiger partial charge in [-0.2, -0.15) is 0 Å². The number of nitrogens with zero attached hydrogens (tertiary/aromatic N) is 2. The molecule has 278 valence electrons. The van der Waals surface area contributed by atoms with Gasteiger partial charge in [0.25, 0.3) is 11.8 Å². The van der Waals surface area contributed by atoms with Crippen LogP contribution >= 0.6 is 0 Å². The molecule has 0 spiro atoms. The molecule has 0 saturated heterocycles. The Morgan fingerprint density at radius 2 is 1.25 bits per heavy atom. The highest BCUT2D eigenvalue weighted by Crippen LogP contribution is 2.37. The van der Waals surface area contributed by atoms with Gasteiger partial charge in [-0.15, -0.1) is 0 Å². The number of fused-ring (bicyclic) bond motifs is 1. The molecular formula is C39H54N4O8. The van der Waals surface area contributed by atoms with Gasteiger partial charge >= 0.3 is 0 Å². The number of rotatable bonds is 21. The number of hydrogen-bond acceptors (Lipinski definition) is 10. The molecular weight excluding hydrogens is 652 g/mol. The monoisotopic (exact) mass is 706 g/mol. The molecule has 0 aliphatic carbocycles. The number of nitrogens with one attached hydrogen (secondary N) is 2. The fraction of sp³-hybridized carbons (Fsp3) is 0.462. The van der Waals surface area contributed by atoms with Gasteiger partial charge in [0.05, 0.1) is 0 Å². The van der Waals surface area contributed by atoms with Crippen LogP contribution in [0.25, 0.3) is 22.3 Å². The fourth-order valence-corrected chi connectivity index (χ4v) is 4.70. The predicted molar refractivity (Wildman–Crippen MR) is 201 cm³/mol. The summed E-state index contributed by atoms with van der Waals surface area (Å²) in [5.74, 6) is 0.328. The van der Waals surface area contributed by atoms with Gasteiger partial charge < -0.3 is 43.8 Å². The molecule has 51 heavy (non-hydrogen) atoms. The Morgan fingerprint density at radius 3 is 1.78 bits per heavy atom. The second-order valence-corrected chi connectivity index (χ2v) is 13.2. The summed E-state index contributed by atoms with van der Waals surface area (Å²) in [7, 11) is 7.85. The lowest BCUT2D eigenvalue weighted by atomic mass is 10.1. The lowest BCUT2D eigenvalue weighted by Crippen LogP contribution is -2.32. The molecule has 0 atom stereocenters. The quantitative estimate of drug-likeness (QED) is 0.115. The van der Waals surface area contributed by atoms with Crippen LogP contribution in [0.1, 0.15) is 40.5 Å². The number of amides is 2. The normalized spacial score (nSPS) is 10.9. The first-order chi connectivity index (χ1) is 24.3. The van der Waals surface area contributed by atoms with E-state index in [0.29, 0.717) is 36.8 Å². The summed E-state index contributed by atoms with van der Waals surface area (Å²) in [5, 5.41) is 5.72. The van der Waals surface area contributed by atoms with Crippen molar-refractivity contribution < 1.29 is 33.0 Å². The topological polar surface area (TPSA) is 132 Å². The van der Waals surface area contributed by atoms with E-state index in [0.717, 1.165) is 37.1 Å². The molecule has 0 bridgehead atoms. The number of carbonyl (C=O) groups is 2. The van der Waals surface area contributed by atoms with E-state index < -0.39 is 12.0 Å². The highest BCUT2D eigenvalue weighted by atomic mass is 16.5. The van der Waals surface area contributed by atoms with Crippen LogP contribution in [0.5, 0.6) is 23.0 Å². The molecule has 12 heteroatoms. The maximum absolute atomic E-state index is 14.3. The van der Waals surface area contributed by atoms with Gasteiger partial charge in [0, 0.05) is 30.8 Å². The SMILES string of the molecule is CC(C)=CCOc1ccc(-c2oc3cc(OCC=C(C)C)cc(OCC(=O)NCCCN(C)C)c3c(=O)c2OCC(=O)NCCCN(C)C)cc1. The standard InChI is InChI=1S/C39H54N4O8/c1-27(2)15-21-47-30-13-11-29(12-14-30)38-39(50-26-35(45)41-18-10-20-43(7)8)37(46)36-32(49-25-34(44)40-17-9-19-42(5)6)23-31(24-33(36)51-38)48-22-16-28(3)4/h11-16,23-24H,9-10,17-22,25-26H2,1-8H3,(H,40,44)(H,41,45). The van der Waals surface area contributed by atoms with Crippen molar-refractivity contribution in [3.05, 3.63) is 69.9 Å². The molecule has 2 aromatic carbocycles. The van der Waals surface area contributed by atoms with Crippen LogP contribution in [0.4, 0.5) is 0 Å². The van der Waals surface area contributed by atoms with E-state index >= 15 is 0 Å². The van der Waals surface area contributed by atoms with Crippen molar-refractivity contribution in [2.45, 2.75) is 40.5 Å². The van der Waals surface area contributed by atoms with Crippen molar-refractivity contribution in [2.24, 2.45) is 0 Å². The van der Waals surface area contributed by atoms with Crippen LogP contribution in [0, 0.1) is 0 Å². The highest BCUT2D eigenvalue weighted by Gasteiger charge is 2.23. The van der Waals surface area contributed by atoms with Gasteiger partial charge in [-0.3, -0.25) is 14.4 Å². The average Bonchev–Trinajstić information content (AvgIpc) is 3.06. The second kappa shape index (κ2) is 20.8. The maximum atomic E-state index is 14.3. The zero-order valence-corrected chi connectivity index (χ0v) is 31.4. The van der Waals surface area contributed by atoms with Gasteiger partial charge in [0.15, 0.2) is 19.0 Å². The molecule has 0 fully saturated rings. The summed E-state index contributed by atoms with van der Waals surface area (Å²) in [5.41, 5.74) is 2.34. The van der Waals surface area contributed by atoms with Gasteiger partial charge in [-0.25, -0.2) is 0 Å². The van der Waals surface area contributed by atoms with E-state index in [-0.39, 0.29) is 53.3 Å². The highest BCUT2D eigenvalue weighted by molar-refractivity contribution is 5.89. The van der Waals surface area contributed by atoms with Gasteiger partial charge in [0.2, 0.25) is 11.2 Å². The van der Waals surface area contributed by atoms with E-state index in [2.05, 4.69) is 10.6 Å². The lowest BCUT2D eigenvalue weighted by molar-refractivity contribution is -0.123. The van der Waals surface area contributed by atoms with Crippen LogP contribution in [0.2, 0.25) is 0 Å². The third-order valence-corrected chi connectivity index (χ3v) is 7.41. The molecule has 0 radical (unpaired) electrons. The van der Waals surface area contributed by atoms with Crippen LogP contribution in [-0.2, 0) is 9.59 Å². The molecule has 0 unspecified atom stereocenters. The second-order valence-electron chi connectivity index (χ2n) is 13.2. The summed E-state index contributed by atoms with van der Waals surface area (Å²) in [6.45, 7) is 10.4. The number of hydrogen-bond donors (Lipinski definition) is 2. The summed E-state index contributed by atoms with van der Waals surface area (Å²) < 4.78 is 30.1. The number of benzene rings is 2. The fourth-order valence-electron chi connectivity index (χ4n) is 4.70. The van der Waals surface area contributed by atoms with Crippen molar-refractivity contribution in [2.75, 3.05) is 80.8 Å². The van der Waals surface area contributed by atoms with E-state index in [1.165, 1.54) is 0 Å². The zero-order valence-electron chi connectivity index (χ0n) is 31.4. The zero-order chi connectivity index (χ0) is 37.3. The largest absolute Gasteiger partial charge is 0.490 e. The number of ether oxygens (including phenoxy) is 4. The minimum absolute atomic E-state index is 0.0526. The van der Waals surface area contributed by atoms with Crippen molar-refractivity contribution in [1.29, 1.82) is 0 Å². The molecule has 0 aliphatic heterocycles. The Kier molecular flexibility index (Phi) is 16.5. The molecule has 0 aliphatic rings. The summed E-state index contributed by atoms with van der Waals surface area (Å²) >= 11 is 0. The molecule has 1 aromatic heterocycles. The van der Waals surface area contributed by atoms with E-state index in [9.17, 15) is 14.4 Å². The molecule has 1 heterocycles. The third kappa shape index (κ3) is 14.1. The Morgan fingerprint density at radius 1 is 0.725 bits per heavy atom. The van der Waals surface area contributed by atoms with E-state index in [1.807, 2.05) is 77.8 Å². The van der Waals surface area contributed by atoms with Crippen LogP contribution in [0.15, 0.2) is 68.9 Å². The van der Waals surface area contributed by atoms with Crippen molar-refractivity contribution in [1.82, 2.24) is 20.4 Å². The van der Waals surface area contributed by atoms with Crippen LogP contribution in [0.3, 0.4) is 0 Å². The summed E-state index contributed by atoms with van der Waals surface area (Å²) in [4.78, 5) is 43.8. The Hall–Kier alpha value is -4.81. The molecule has 3 aromatic rings. The van der Waals surface area contributed by atoms with Crippen molar-refractivity contribution in [3.63, 3.8) is 0 Å². The van der Waals surface area contributed by atoms with Gasteiger partial charge in [-0.05, 0) is 118 Å². The first-order valence-electron chi connectivity index (χ1n) is 17.2. The molecule has 2 amide bonds. The van der Waals surface area contributed by atoms with E-state index in [4.69, 9.17) is 23.4 Å². The van der Waals surface area contributed by atoms with Gasteiger partial charge in [0.1, 0.15) is 41.4 Å².